The van der Waals surface area contributed by atoms with Crippen molar-refractivity contribution in [1.29, 1.82) is 0 Å². The fourth-order valence-corrected chi connectivity index (χ4v) is 3.92. The van der Waals surface area contributed by atoms with Gasteiger partial charge in [-0.3, -0.25) is 9.59 Å². The molecule has 150 valence electrons. The second-order valence-corrected chi connectivity index (χ2v) is 7.87. The Kier molecular flexibility index (Phi) is 5.58. The molecule has 7 heteroatoms. The van der Waals surface area contributed by atoms with E-state index in [0.29, 0.717) is 44.0 Å². The Labute approximate surface area is 177 Å². The Bertz CT molecular complexity index is 1040. The Morgan fingerprint density at radius 3 is 2.28 bits per heavy atom. The molecule has 1 fully saturated rings. The fraction of sp³-hybridized carbons (Fsp3) is 0.273. The third-order valence-corrected chi connectivity index (χ3v) is 5.57. The smallest absolute Gasteiger partial charge is 0.270 e. The summed E-state index contributed by atoms with van der Waals surface area (Å²) >= 11 is 3.45. The maximum atomic E-state index is 12.9. The van der Waals surface area contributed by atoms with E-state index in [4.69, 9.17) is 4.74 Å². The molecule has 1 aliphatic rings. The lowest BCUT2D eigenvalue weighted by atomic mass is 10.1. The first-order valence-corrected chi connectivity index (χ1v) is 10.4. The van der Waals surface area contributed by atoms with Crippen LogP contribution in [0.5, 0.6) is 5.75 Å². The number of aromatic amines is 1. The van der Waals surface area contributed by atoms with Crippen molar-refractivity contribution in [2.24, 2.45) is 0 Å². The molecule has 2 amide bonds. The molecule has 1 aliphatic heterocycles. The van der Waals surface area contributed by atoms with Gasteiger partial charge in [0.05, 0.1) is 6.61 Å². The lowest BCUT2D eigenvalue weighted by Gasteiger charge is -2.34. The number of benzene rings is 2. The van der Waals surface area contributed by atoms with Crippen LogP contribution < -0.4 is 4.74 Å². The van der Waals surface area contributed by atoms with Gasteiger partial charge in [-0.1, -0.05) is 15.9 Å². The summed E-state index contributed by atoms with van der Waals surface area (Å²) in [6.07, 6.45) is 0. The number of H-pyrrole nitrogens is 1. The summed E-state index contributed by atoms with van der Waals surface area (Å²) in [5.74, 6) is 0.700. The highest BCUT2D eigenvalue weighted by Crippen LogP contribution is 2.22. The summed E-state index contributed by atoms with van der Waals surface area (Å²) < 4.78 is 6.40. The second kappa shape index (κ2) is 8.29. The van der Waals surface area contributed by atoms with Crippen LogP contribution in [0, 0.1) is 0 Å². The van der Waals surface area contributed by atoms with E-state index in [-0.39, 0.29) is 11.8 Å². The maximum absolute atomic E-state index is 12.9. The minimum atomic E-state index is -0.0366. The molecule has 0 atom stereocenters. The highest BCUT2D eigenvalue weighted by Gasteiger charge is 2.26. The number of carbonyl (C=O) groups excluding carboxylic acids is 2. The van der Waals surface area contributed by atoms with Crippen molar-refractivity contribution in [3.63, 3.8) is 0 Å². The number of hydrogen-bond donors (Lipinski definition) is 1. The van der Waals surface area contributed by atoms with E-state index in [9.17, 15) is 9.59 Å². The number of rotatable bonds is 4. The third kappa shape index (κ3) is 4.15. The number of hydrogen-bond acceptors (Lipinski definition) is 3. The number of nitrogens with one attached hydrogen (secondary N) is 1. The molecule has 4 rings (SSSR count). The standard InChI is InChI=1S/C22H22BrN3O3/c1-2-29-18-6-3-15(4-7-18)21(27)25-9-11-26(12-10-25)22(28)20-14-16-13-17(23)5-8-19(16)24-20/h3-8,13-14,24H,2,9-12H2,1H3. The van der Waals surface area contributed by atoms with Gasteiger partial charge in [0.15, 0.2) is 0 Å². The first-order valence-electron chi connectivity index (χ1n) is 9.65. The molecule has 3 aromatic rings. The SMILES string of the molecule is CCOc1ccc(C(=O)N2CCN(C(=O)c3cc4cc(Br)ccc4[nH]3)CC2)cc1. The van der Waals surface area contributed by atoms with Crippen molar-refractivity contribution in [2.75, 3.05) is 32.8 Å². The number of aromatic nitrogens is 1. The molecule has 0 saturated carbocycles. The average Bonchev–Trinajstić information content (AvgIpc) is 3.17. The Morgan fingerprint density at radius 2 is 1.62 bits per heavy atom. The van der Waals surface area contributed by atoms with Gasteiger partial charge < -0.3 is 19.5 Å². The summed E-state index contributed by atoms with van der Waals surface area (Å²) in [6, 6.07) is 14.9. The van der Waals surface area contributed by atoms with Gasteiger partial charge in [-0.15, -0.1) is 0 Å². The molecule has 1 N–H and O–H groups in total. The van der Waals surface area contributed by atoms with E-state index >= 15 is 0 Å². The number of piperazine rings is 1. The molecular weight excluding hydrogens is 434 g/mol. The zero-order chi connectivity index (χ0) is 20.4. The van der Waals surface area contributed by atoms with Crippen molar-refractivity contribution in [3.8, 4) is 5.75 Å². The first kappa shape index (κ1) is 19.5. The minimum absolute atomic E-state index is 0.0180. The molecule has 2 aromatic carbocycles. The van der Waals surface area contributed by atoms with Gasteiger partial charge in [0.2, 0.25) is 0 Å². The molecule has 0 spiro atoms. The Balaban J connectivity index is 1.39. The predicted molar refractivity (Wildman–Crippen MR) is 115 cm³/mol. The molecule has 2 heterocycles. The van der Waals surface area contributed by atoms with Crippen LogP contribution in [0.1, 0.15) is 27.8 Å². The summed E-state index contributed by atoms with van der Waals surface area (Å²) in [6.45, 7) is 4.58. The summed E-state index contributed by atoms with van der Waals surface area (Å²) in [5, 5.41) is 0.993. The van der Waals surface area contributed by atoms with Crippen LogP contribution in [0.3, 0.4) is 0 Å². The van der Waals surface area contributed by atoms with Crippen LogP contribution in [0.25, 0.3) is 10.9 Å². The monoisotopic (exact) mass is 455 g/mol. The van der Waals surface area contributed by atoms with Crippen molar-refractivity contribution >= 4 is 38.6 Å². The molecule has 6 nitrogen and oxygen atoms in total. The lowest BCUT2D eigenvalue weighted by Crippen LogP contribution is -2.50. The topological polar surface area (TPSA) is 65.6 Å². The van der Waals surface area contributed by atoms with Crippen molar-refractivity contribution in [2.45, 2.75) is 6.92 Å². The lowest BCUT2D eigenvalue weighted by molar-refractivity contribution is 0.0533. The largest absolute Gasteiger partial charge is 0.494 e. The molecule has 0 unspecified atom stereocenters. The zero-order valence-electron chi connectivity index (χ0n) is 16.2. The van der Waals surface area contributed by atoms with E-state index in [1.54, 1.807) is 21.9 Å². The minimum Gasteiger partial charge on any atom is -0.494 e. The molecule has 29 heavy (non-hydrogen) atoms. The van der Waals surface area contributed by atoms with Crippen LogP contribution >= 0.6 is 15.9 Å². The van der Waals surface area contributed by atoms with Gasteiger partial charge in [0.1, 0.15) is 11.4 Å². The highest BCUT2D eigenvalue weighted by molar-refractivity contribution is 9.10. The van der Waals surface area contributed by atoms with E-state index in [0.717, 1.165) is 21.1 Å². The number of carbonyl (C=O) groups is 2. The number of halogens is 1. The average molecular weight is 456 g/mol. The van der Waals surface area contributed by atoms with Crippen molar-refractivity contribution in [1.82, 2.24) is 14.8 Å². The predicted octanol–water partition coefficient (Wildman–Crippen LogP) is 3.93. The molecule has 0 radical (unpaired) electrons. The van der Waals surface area contributed by atoms with E-state index < -0.39 is 0 Å². The van der Waals surface area contributed by atoms with Gasteiger partial charge >= 0.3 is 0 Å². The highest BCUT2D eigenvalue weighted by atomic mass is 79.9. The molecule has 1 saturated heterocycles. The number of amides is 2. The first-order chi connectivity index (χ1) is 14.0. The summed E-state index contributed by atoms with van der Waals surface area (Å²) in [7, 11) is 0. The van der Waals surface area contributed by atoms with Gasteiger partial charge in [0.25, 0.3) is 11.8 Å². The van der Waals surface area contributed by atoms with Crippen LogP contribution in [0.2, 0.25) is 0 Å². The van der Waals surface area contributed by atoms with Crippen LogP contribution in [0.15, 0.2) is 53.0 Å². The third-order valence-electron chi connectivity index (χ3n) is 5.08. The Morgan fingerprint density at radius 1 is 0.966 bits per heavy atom. The van der Waals surface area contributed by atoms with E-state index in [2.05, 4.69) is 20.9 Å². The fourth-order valence-electron chi connectivity index (χ4n) is 3.54. The maximum Gasteiger partial charge on any atom is 0.270 e. The van der Waals surface area contributed by atoms with E-state index in [1.165, 1.54) is 0 Å². The second-order valence-electron chi connectivity index (χ2n) is 6.96. The normalized spacial score (nSPS) is 14.3. The molecule has 0 aliphatic carbocycles. The number of ether oxygens (including phenoxy) is 1. The zero-order valence-corrected chi connectivity index (χ0v) is 17.7. The Hall–Kier alpha value is -2.80. The van der Waals surface area contributed by atoms with Crippen LogP contribution in [-0.4, -0.2) is 59.4 Å². The van der Waals surface area contributed by atoms with Crippen molar-refractivity contribution in [3.05, 3.63) is 64.3 Å². The quantitative estimate of drug-likeness (QED) is 0.647. The number of fused-ring (bicyclic) bond motifs is 1. The summed E-state index contributed by atoms with van der Waals surface area (Å²) in [5.41, 5.74) is 2.14. The van der Waals surface area contributed by atoms with Gasteiger partial charge in [-0.25, -0.2) is 0 Å². The summed E-state index contributed by atoms with van der Waals surface area (Å²) in [4.78, 5) is 32.4. The number of nitrogens with zero attached hydrogens (tertiary/aromatic N) is 2. The van der Waals surface area contributed by atoms with Gasteiger partial charge in [-0.05, 0) is 55.5 Å². The van der Waals surface area contributed by atoms with Crippen molar-refractivity contribution < 1.29 is 14.3 Å². The van der Waals surface area contributed by atoms with Crippen LogP contribution in [0.4, 0.5) is 0 Å². The van der Waals surface area contributed by atoms with E-state index in [1.807, 2.05) is 43.3 Å². The van der Waals surface area contributed by atoms with Gasteiger partial charge in [0, 0.05) is 47.1 Å². The van der Waals surface area contributed by atoms with Crippen LogP contribution in [-0.2, 0) is 0 Å². The van der Waals surface area contributed by atoms with Gasteiger partial charge in [-0.2, -0.15) is 0 Å². The molecule has 1 aromatic heterocycles. The molecular formula is C22H22BrN3O3. The molecule has 0 bridgehead atoms.